The normalized spacial score (nSPS) is 14.7. The van der Waals surface area contributed by atoms with Crippen molar-refractivity contribution in [3.05, 3.63) is 0 Å². The molecule has 1 unspecified atom stereocenters. The first-order valence-electron chi connectivity index (χ1n) is 7.32. The molecule has 0 fully saturated rings. The molecule has 0 rings (SSSR count). The highest BCUT2D eigenvalue weighted by atomic mass is 31.2. The molecule has 22 heavy (non-hydrogen) atoms. The van der Waals surface area contributed by atoms with Crippen molar-refractivity contribution in [2.75, 3.05) is 19.8 Å². The highest BCUT2D eigenvalue weighted by Gasteiger charge is 2.54. The van der Waals surface area contributed by atoms with E-state index in [0.29, 0.717) is 6.42 Å². The second-order valence-corrected chi connectivity index (χ2v) is 8.44. The number of esters is 1. The van der Waals surface area contributed by atoms with Crippen LogP contribution in [-0.4, -0.2) is 31.5 Å². The van der Waals surface area contributed by atoms with Crippen molar-refractivity contribution < 1.29 is 31.9 Å². The maximum absolute atomic E-state index is 14.0. The van der Waals surface area contributed by atoms with Gasteiger partial charge in [-0.2, -0.15) is 8.78 Å². The summed E-state index contributed by atoms with van der Waals surface area (Å²) in [5.41, 5.74) is -4.01. The molecule has 0 N–H and O–H groups in total. The molecule has 0 radical (unpaired) electrons. The van der Waals surface area contributed by atoms with Crippen LogP contribution in [-0.2, 0) is 23.1 Å². The lowest BCUT2D eigenvalue weighted by Gasteiger charge is -2.26. The van der Waals surface area contributed by atoms with Crippen molar-refractivity contribution in [3.63, 3.8) is 0 Å². The molecule has 0 aromatic carbocycles. The van der Waals surface area contributed by atoms with E-state index in [2.05, 4.69) is 13.8 Å². The van der Waals surface area contributed by atoms with Crippen LogP contribution in [0.1, 0.15) is 48.0 Å². The molecular weight excluding hydrogens is 317 g/mol. The second kappa shape index (κ2) is 8.37. The van der Waals surface area contributed by atoms with Crippen LogP contribution >= 0.6 is 7.60 Å². The molecule has 0 saturated heterocycles. The quantitative estimate of drug-likeness (QED) is 0.456. The van der Waals surface area contributed by atoms with Crippen molar-refractivity contribution in [1.29, 1.82) is 0 Å². The van der Waals surface area contributed by atoms with E-state index in [4.69, 9.17) is 0 Å². The highest BCUT2D eigenvalue weighted by molar-refractivity contribution is 7.55. The number of carbonyl (C=O) groups is 1. The van der Waals surface area contributed by atoms with Gasteiger partial charge in [0.15, 0.2) is 6.61 Å². The van der Waals surface area contributed by atoms with Gasteiger partial charge in [0.25, 0.3) is 0 Å². The predicted molar refractivity (Wildman–Crippen MR) is 80.0 cm³/mol. The fourth-order valence-electron chi connectivity index (χ4n) is 1.95. The van der Waals surface area contributed by atoms with Crippen LogP contribution in [0.2, 0.25) is 0 Å². The Labute approximate surface area is 131 Å². The van der Waals surface area contributed by atoms with Gasteiger partial charge in [0.2, 0.25) is 0 Å². The van der Waals surface area contributed by atoms with Crippen molar-refractivity contribution in [3.8, 4) is 0 Å². The number of carbonyl (C=O) groups excluding carboxylic acids is 1. The molecule has 0 heterocycles. The monoisotopic (exact) mass is 344 g/mol. The van der Waals surface area contributed by atoms with Gasteiger partial charge < -0.3 is 13.8 Å². The Kier molecular flexibility index (Phi) is 8.17. The summed E-state index contributed by atoms with van der Waals surface area (Å²) in [5, 5.41) is 0. The first-order valence-corrected chi connectivity index (χ1v) is 8.86. The second-order valence-electron chi connectivity index (χ2n) is 6.27. The van der Waals surface area contributed by atoms with Crippen LogP contribution in [0, 0.1) is 11.3 Å². The third kappa shape index (κ3) is 6.71. The van der Waals surface area contributed by atoms with Crippen LogP contribution in [0.3, 0.4) is 0 Å². The summed E-state index contributed by atoms with van der Waals surface area (Å²) in [6.07, 6.45) is 0.492. The van der Waals surface area contributed by atoms with Crippen molar-refractivity contribution in [2.24, 2.45) is 11.3 Å². The van der Waals surface area contributed by atoms with Crippen molar-refractivity contribution in [1.82, 2.24) is 0 Å². The molecule has 1 atom stereocenters. The summed E-state index contributed by atoms with van der Waals surface area (Å²) in [6, 6.07) is 0. The molecule has 0 saturated carbocycles. The molecule has 0 spiro atoms. The summed E-state index contributed by atoms with van der Waals surface area (Å²) in [6.45, 7) is 8.56. The van der Waals surface area contributed by atoms with Gasteiger partial charge >= 0.3 is 19.2 Å². The fourth-order valence-corrected chi connectivity index (χ4v) is 3.30. The van der Waals surface area contributed by atoms with E-state index >= 15 is 0 Å². The highest BCUT2D eigenvalue weighted by Crippen LogP contribution is 2.61. The van der Waals surface area contributed by atoms with E-state index in [0.717, 1.165) is 0 Å². The third-order valence-corrected chi connectivity index (χ3v) is 4.83. The summed E-state index contributed by atoms with van der Waals surface area (Å²) in [7, 11) is -4.66. The average Bonchev–Trinajstić information content (AvgIpc) is 2.34. The molecule has 0 aliphatic rings. The molecule has 0 aliphatic heterocycles. The van der Waals surface area contributed by atoms with Gasteiger partial charge in [-0.3, -0.25) is 9.36 Å². The minimum absolute atomic E-state index is 0.132. The lowest BCUT2D eigenvalue weighted by Crippen LogP contribution is -2.30. The number of rotatable bonds is 9. The summed E-state index contributed by atoms with van der Waals surface area (Å²) < 4.78 is 53.9. The molecular formula is C14H27F2O5P. The van der Waals surface area contributed by atoms with Gasteiger partial charge in [0.05, 0.1) is 19.1 Å². The van der Waals surface area contributed by atoms with Crippen LogP contribution in [0.15, 0.2) is 0 Å². The Morgan fingerprint density at radius 2 is 1.59 bits per heavy atom. The van der Waals surface area contributed by atoms with Crippen molar-refractivity contribution in [2.45, 2.75) is 53.6 Å². The predicted octanol–water partition coefficient (Wildman–Crippen LogP) is 4.46. The van der Waals surface area contributed by atoms with Crippen molar-refractivity contribution >= 4 is 13.6 Å². The molecule has 0 aromatic rings. The number of ether oxygens (including phenoxy) is 1. The number of hydrogen-bond donors (Lipinski definition) is 0. The Morgan fingerprint density at radius 3 is 1.95 bits per heavy atom. The lowest BCUT2D eigenvalue weighted by atomic mass is 9.85. The zero-order chi connectivity index (χ0) is 17.6. The summed E-state index contributed by atoms with van der Waals surface area (Å²) in [5.74, 6) is -1.29. The molecule has 5 nitrogen and oxygen atoms in total. The number of hydrogen-bond acceptors (Lipinski definition) is 5. The van der Waals surface area contributed by atoms with E-state index in [1.54, 1.807) is 6.92 Å². The Balaban J connectivity index is 4.77. The minimum Gasteiger partial charge on any atom is -0.458 e. The zero-order valence-corrected chi connectivity index (χ0v) is 15.0. The van der Waals surface area contributed by atoms with E-state index < -0.39 is 31.8 Å². The average molecular weight is 344 g/mol. The summed E-state index contributed by atoms with van der Waals surface area (Å²) in [4.78, 5) is 11.8. The fraction of sp³-hybridized carbons (Fsp3) is 0.929. The topological polar surface area (TPSA) is 61.8 Å². The third-order valence-electron chi connectivity index (χ3n) is 2.71. The zero-order valence-electron chi connectivity index (χ0n) is 14.2. The van der Waals surface area contributed by atoms with Gasteiger partial charge in [-0.25, -0.2) is 0 Å². The largest absolute Gasteiger partial charge is 0.458 e. The molecule has 8 heteroatoms. The van der Waals surface area contributed by atoms with E-state index in [1.807, 2.05) is 20.8 Å². The Bertz CT molecular complexity index is 397. The smallest absolute Gasteiger partial charge is 0.403 e. The van der Waals surface area contributed by atoms with Gasteiger partial charge in [-0.15, -0.1) is 0 Å². The number of halogens is 2. The molecule has 0 bridgehead atoms. The van der Waals surface area contributed by atoms with Gasteiger partial charge in [0.1, 0.15) is 0 Å². The van der Waals surface area contributed by atoms with Crippen LogP contribution < -0.4 is 0 Å². The lowest BCUT2D eigenvalue weighted by molar-refractivity contribution is -0.155. The maximum Gasteiger partial charge on any atom is 0.403 e. The molecule has 0 aromatic heterocycles. The maximum atomic E-state index is 14.0. The van der Waals surface area contributed by atoms with Crippen LogP contribution in [0.25, 0.3) is 0 Å². The van der Waals surface area contributed by atoms with Crippen LogP contribution in [0.4, 0.5) is 8.78 Å². The van der Waals surface area contributed by atoms with E-state index in [1.165, 1.54) is 13.8 Å². The molecule has 132 valence electrons. The summed E-state index contributed by atoms with van der Waals surface area (Å²) >= 11 is 0. The van der Waals surface area contributed by atoms with Crippen LogP contribution in [0.5, 0.6) is 0 Å². The first-order chi connectivity index (χ1) is 9.88. The Morgan fingerprint density at radius 1 is 1.14 bits per heavy atom. The Hall–Kier alpha value is -0.520. The minimum atomic E-state index is -4.66. The molecule has 0 aliphatic carbocycles. The van der Waals surface area contributed by atoms with E-state index in [9.17, 15) is 18.1 Å². The molecule has 0 amide bonds. The van der Waals surface area contributed by atoms with Gasteiger partial charge in [0, 0.05) is 0 Å². The number of alkyl halides is 2. The SMILES string of the molecule is CCOP(=O)(OCC)C(F)(F)COC(=O)C(C)CC(C)(C)C. The van der Waals surface area contributed by atoms with E-state index in [-0.39, 0.29) is 18.6 Å². The van der Waals surface area contributed by atoms with Gasteiger partial charge in [-0.05, 0) is 25.7 Å². The first kappa shape index (κ1) is 21.5. The van der Waals surface area contributed by atoms with Gasteiger partial charge in [-0.1, -0.05) is 27.7 Å². The standard InChI is InChI=1S/C14H27F2O5P/c1-7-20-22(18,21-8-2)14(15,16)10-19-12(17)11(3)9-13(4,5)6/h11H,7-10H2,1-6H3.